The van der Waals surface area contributed by atoms with Crippen molar-refractivity contribution in [3.8, 4) is 0 Å². The van der Waals surface area contributed by atoms with Crippen LogP contribution in [0.25, 0.3) is 109 Å². The molecule has 0 bridgehead atoms. The van der Waals surface area contributed by atoms with Gasteiger partial charge in [-0.1, -0.05) is 48.5 Å². The molecule has 0 aliphatic carbocycles. The third-order valence-electron chi connectivity index (χ3n) is 9.98. The summed E-state index contributed by atoms with van der Waals surface area (Å²) in [7, 11) is 0. The van der Waals surface area contributed by atoms with E-state index in [-0.39, 0.29) is 32.4 Å². The maximum Gasteiger partial charge on any atom is 0.194 e. The summed E-state index contributed by atoms with van der Waals surface area (Å²) in [6.45, 7) is 0. The fourth-order valence-electron chi connectivity index (χ4n) is 7.75. The van der Waals surface area contributed by atoms with Crippen LogP contribution in [0.15, 0.2) is 132 Å². The summed E-state index contributed by atoms with van der Waals surface area (Å²) in [6.07, 6.45) is 13.1. The number of benzene rings is 5. The smallest absolute Gasteiger partial charge is 0.194 e. The predicted molar refractivity (Wildman–Crippen MR) is 205 cm³/mol. The lowest BCUT2D eigenvalue weighted by Gasteiger charge is -2.10. The topological polar surface area (TPSA) is 137 Å². The summed E-state index contributed by atoms with van der Waals surface area (Å²) >= 11 is 0. The zero-order valence-electron chi connectivity index (χ0n) is 26.9. The summed E-state index contributed by atoms with van der Waals surface area (Å²) in [4.78, 5) is 67.6. The van der Waals surface area contributed by atoms with Gasteiger partial charge in [0.15, 0.2) is 10.9 Å². The molecule has 0 unspecified atom stereocenters. The van der Waals surface area contributed by atoms with E-state index in [9.17, 15) is 9.59 Å². The Kier molecular flexibility index (Phi) is 5.74. The Morgan fingerprint density at radius 2 is 0.442 bits per heavy atom. The van der Waals surface area contributed by atoms with E-state index in [0.29, 0.717) is 65.7 Å². The lowest BCUT2D eigenvalue weighted by atomic mass is 9.94. The number of hydrogen-bond donors (Lipinski definition) is 0. The monoisotopic (exact) mass is 668 g/mol. The van der Waals surface area contributed by atoms with Gasteiger partial charge in [-0.15, -0.1) is 0 Å². The Balaban J connectivity index is 1.40. The molecule has 11 aromatic rings. The summed E-state index contributed by atoms with van der Waals surface area (Å²) in [5.74, 6) is 0. The molecule has 10 heteroatoms. The van der Waals surface area contributed by atoms with Gasteiger partial charge in [-0.3, -0.25) is 49.5 Å². The molecule has 0 N–H and O–H groups in total. The van der Waals surface area contributed by atoms with Gasteiger partial charge in [0.1, 0.15) is 0 Å². The molecule has 7 aromatic carbocycles. The molecule has 0 amide bonds. The van der Waals surface area contributed by atoms with Crippen molar-refractivity contribution < 1.29 is 0 Å². The second-order valence-electron chi connectivity index (χ2n) is 12.7. The van der Waals surface area contributed by atoms with Gasteiger partial charge in [-0.2, -0.15) is 0 Å². The predicted octanol–water partition coefficient (Wildman–Crippen LogP) is 7.66. The van der Waals surface area contributed by atoms with Crippen molar-refractivity contribution in [1.82, 2.24) is 39.9 Å². The van der Waals surface area contributed by atoms with Gasteiger partial charge in [0.05, 0.1) is 44.1 Å². The van der Waals surface area contributed by atoms with Gasteiger partial charge >= 0.3 is 0 Å². The molecular formula is C42H20N8O2. The van der Waals surface area contributed by atoms with Gasteiger partial charge in [0, 0.05) is 114 Å². The number of rotatable bonds is 0. The van der Waals surface area contributed by atoms with E-state index in [1.807, 2.05) is 48.5 Å². The van der Waals surface area contributed by atoms with Crippen molar-refractivity contribution in [2.45, 2.75) is 0 Å². The average molecular weight is 669 g/mol. The van der Waals surface area contributed by atoms with Gasteiger partial charge < -0.3 is 0 Å². The highest BCUT2D eigenvalue weighted by Gasteiger charge is 2.19. The molecule has 4 heterocycles. The molecule has 0 spiro atoms. The molecular weight excluding hydrogens is 649 g/mol. The first-order valence-corrected chi connectivity index (χ1v) is 16.6. The lowest BCUT2D eigenvalue weighted by molar-refractivity contribution is 1.30. The van der Waals surface area contributed by atoms with Crippen LogP contribution in [0.3, 0.4) is 0 Å². The summed E-state index contributed by atoms with van der Waals surface area (Å²) in [6, 6.07) is 22.7. The van der Waals surface area contributed by atoms with Crippen LogP contribution in [-0.4, -0.2) is 39.9 Å². The van der Waals surface area contributed by atoms with Crippen molar-refractivity contribution in [3.63, 3.8) is 0 Å². The van der Waals surface area contributed by atoms with E-state index < -0.39 is 0 Å². The molecule has 0 saturated carbocycles. The van der Waals surface area contributed by atoms with Crippen molar-refractivity contribution in [1.29, 1.82) is 0 Å². The van der Waals surface area contributed by atoms with Crippen molar-refractivity contribution in [3.05, 3.63) is 143 Å². The first-order valence-electron chi connectivity index (χ1n) is 16.6. The second kappa shape index (κ2) is 10.5. The standard InChI is InChI=1S/C42H20N8O2/c51-41-29-17-25-26(38-34(44-10-14-48-38)22-6-2-1-5-21(22)33-37(25)47-13-9-43-33)18-30(29)42(52)32-20-28-27(19-31(32)41)39-35(45-11-15-49-39)23-7-3-4-8-24(23)36-40(28)50-16-12-46-36/h1-20H. The number of nitrogens with zero attached hydrogens (tertiary/aromatic N) is 8. The van der Waals surface area contributed by atoms with E-state index in [1.54, 1.807) is 73.8 Å². The molecule has 52 heavy (non-hydrogen) atoms. The van der Waals surface area contributed by atoms with E-state index in [4.69, 9.17) is 39.9 Å². The summed E-state index contributed by atoms with van der Waals surface area (Å²) in [5.41, 5.74) is 4.27. The highest BCUT2D eigenvalue weighted by molar-refractivity contribution is 6.26. The minimum absolute atomic E-state index is 0.267. The van der Waals surface area contributed by atoms with E-state index in [1.165, 1.54) is 0 Å². The first-order chi connectivity index (χ1) is 25.7. The van der Waals surface area contributed by atoms with E-state index >= 15 is 0 Å². The minimum Gasteiger partial charge on any atom is -0.289 e. The van der Waals surface area contributed by atoms with Crippen LogP contribution in [-0.2, 0) is 0 Å². The molecule has 10 nitrogen and oxygen atoms in total. The van der Waals surface area contributed by atoms with Crippen LogP contribution in [0, 0.1) is 0 Å². The largest absolute Gasteiger partial charge is 0.289 e. The Morgan fingerprint density at radius 1 is 0.250 bits per heavy atom. The van der Waals surface area contributed by atoms with Crippen LogP contribution >= 0.6 is 0 Å². The Bertz CT molecular complexity index is 3130. The quantitative estimate of drug-likeness (QED) is 0.148. The van der Waals surface area contributed by atoms with Crippen LogP contribution in [0.4, 0.5) is 0 Å². The molecule has 0 atom stereocenters. The first kappa shape index (κ1) is 28.4. The van der Waals surface area contributed by atoms with Gasteiger partial charge in [-0.05, 0) is 24.3 Å². The molecule has 0 aliphatic rings. The molecule has 0 radical (unpaired) electrons. The van der Waals surface area contributed by atoms with Gasteiger partial charge in [-0.25, -0.2) is 0 Å². The third-order valence-corrected chi connectivity index (χ3v) is 9.98. The van der Waals surface area contributed by atoms with Gasteiger partial charge in [0.2, 0.25) is 0 Å². The summed E-state index contributed by atoms with van der Waals surface area (Å²) in [5, 5.41) is 6.95. The van der Waals surface area contributed by atoms with Crippen LogP contribution in [0.5, 0.6) is 0 Å². The Labute approximate surface area is 290 Å². The Hall–Kier alpha value is -7.46. The zero-order chi connectivity index (χ0) is 34.5. The SMILES string of the molecule is O=c1c2cc3c(cc2c(=O)c2cc4c(cc12)c1nccnc1c1ccccc1c1nccnc41)c1nccnc1c1ccccc1c1nccnc31. The zero-order valence-corrected chi connectivity index (χ0v) is 26.9. The van der Waals surface area contributed by atoms with E-state index in [2.05, 4.69) is 0 Å². The van der Waals surface area contributed by atoms with Crippen molar-refractivity contribution in [2.24, 2.45) is 0 Å². The third kappa shape index (κ3) is 3.82. The number of fused-ring (bicyclic) bond motifs is 18. The molecule has 11 rings (SSSR count). The molecule has 0 saturated heterocycles. The second-order valence-corrected chi connectivity index (χ2v) is 12.7. The van der Waals surface area contributed by atoms with Crippen LogP contribution in [0.1, 0.15) is 0 Å². The molecule has 4 aromatic heterocycles. The van der Waals surface area contributed by atoms with Crippen LogP contribution in [0.2, 0.25) is 0 Å². The van der Waals surface area contributed by atoms with Crippen molar-refractivity contribution >= 4 is 109 Å². The number of aromatic nitrogens is 8. The van der Waals surface area contributed by atoms with Gasteiger partial charge in [0.25, 0.3) is 0 Å². The normalized spacial score (nSPS) is 12.0. The number of hydrogen-bond acceptors (Lipinski definition) is 10. The maximum absolute atomic E-state index is 14.8. The molecule has 0 fully saturated rings. The highest BCUT2D eigenvalue weighted by Crippen LogP contribution is 2.36. The van der Waals surface area contributed by atoms with Crippen LogP contribution < -0.4 is 10.9 Å². The lowest BCUT2D eigenvalue weighted by Crippen LogP contribution is -2.13. The van der Waals surface area contributed by atoms with E-state index in [0.717, 1.165) is 21.5 Å². The Morgan fingerprint density at radius 3 is 0.654 bits per heavy atom. The minimum atomic E-state index is -0.297. The fraction of sp³-hybridized carbons (Fsp3) is 0. The fourth-order valence-corrected chi connectivity index (χ4v) is 7.75. The van der Waals surface area contributed by atoms with Crippen molar-refractivity contribution in [2.75, 3.05) is 0 Å². The highest BCUT2D eigenvalue weighted by atomic mass is 16.1. The molecule has 0 aliphatic heterocycles. The maximum atomic E-state index is 14.8. The molecule has 240 valence electrons. The average Bonchev–Trinajstić information content (AvgIpc) is 3.21. The summed E-state index contributed by atoms with van der Waals surface area (Å²) < 4.78 is 0.